The highest BCUT2D eigenvalue weighted by molar-refractivity contribution is 7.99. The monoisotopic (exact) mass is 231 g/mol. The first kappa shape index (κ1) is 12.0. The fraction of sp³-hybridized carbons (Fsp3) is 0.300. The van der Waals surface area contributed by atoms with Gasteiger partial charge in [0.25, 0.3) is 5.91 Å². The average Bonchev–Trinajstić information content (AvgIpc) is 2.25. The van der Waals surface area contributed by atoms with Gasteiger partial charge in [-0.05, 0) is 12.1 Å². The molecule has 0 radical (unpaired) electrons. The minimum Gasteiger partial charge on any atom is -0.350 e. The van der Waals surface area contributed by atoms with Crippen LogP contribution in [-0.2, 0) is 4.79 Å². The van der Waals surface area contributed by atoms with E-state index in [-0.39, 0.29) is 6.54 Å². The number of hydrogen-bond donors (Lipinski definition) is 1. The number of benzene rings is 1. The Labute approximate surface area is 91.1 Å². The second-order valence-electron chi connectivity index (χ2n) is 2.75. The molecule has 0 aliphatic carbocycles. The minimum absolute atomic E-state index is 0.253. The molecule has 1 aromatic carbocycles. The van der Waals surface area contributed by atoms with Crippen LogP contribution in [0.3, 0.4) is 0 Å². The van der Waals surface area contributed by atoms with Crippen LogP contribution in [0, 0.1) is 0 Å². The molecule has 1 amide bonds. The van der Waals surface area contributed by atoms with Crippen molar-refractivity contribution in [1.82, 2.24) is 5.32 Å². The largest absolute Gasteiger partial charge is 0.350 e. The van der Waals surface area contributed by atoms with E-state index in [0.717, 1.165) is 4.90 Å². The van der Waals surface area contributed by atoms with Gasteiger partial charge in [-0.2, -0.15) is 8.78 Å². The van der Waals surface area contributed by atoms with Crippen molar-refractivity contribution in [1.29, 1.82) is 0 Å². The standard InChI is InChI=1S/C10H11F2NOS/c11-9(12)10(14)13-6-7-15-8-4-2-1-3-5-8/h1-5,9H,6-7H2,(H,13,14). The van der Waals surface area contributed by atoms with Crippen molar-refractivity contribution in [2.75, 3.05) is 12.3 Å². The molecule has 1 aromatic rings. The van der Waals surface area contributed by atoms with E-state index >= 15 is 0 Å². The lowest BCUT2D eigenvalue weighted by atomic mass is 10.4. The van der Waals surface area contributed by atoms with E-state index in [9.17, 15) is 13.6 Å². The zero-order chi connectivity index (χ0) is 11.1. The number of halogens is 2. The second-order valence-corrected chi connectivity index (χ2v) is 3.92. The molecule has 0 aliphatic rings. The quantitative estimate of drug-likeness (QED) is 0.621. The lowest BCUT2D eigenvalue weighted by molar-refractivity contribution is -0.131. The van der Waals surface area contributed by atoms with Crippen LogP contribution >= 0.6 is 11.8 Å². The molecular formula is C10H11F2NOS. The van der Waals surface area contributed by atoms with Crippen molar-refractivity contribution in [3.63, 3.8) is 0 Å². The molecule has 5 heteroatoms. The smallest absolute Gasteiger partial charge is 0.315 e. The van der Waals surface area contributed by atoms with E-state index in [0.29, 0.717) is 5.75 Å². The predicted molar refractivity (Wildman–Crippen MR) is 56.2 cm³/mol. The van der Waals surface area contributed by atoms with Gasteiger partial charge < -0.3 is 5.32 Å². The Morgan fingerprint density at radius 3 is 2.60 bits per heavy atom. The van der Waals surface area contributed by atoms with Crippen molar-refractivity contribution in [3.05, 3.63) is 30.3 Å². The third-order valence-electron chi connectivity index (χ3n) is 1.61. The lowest BCUT2D eigenvalue weighted by Gasteiger charge is -2.03. The van der Waals surface area contributed by atoms with Crippen LogP contribution in [0.25, 0.3) is 0 Å². The summed E-state index contributed by atoms with van der Waals surface area (Å²) in [7, 11) is 0. The van der Waals surface area contributed by atoms with Gasteiger partial charge in [0.05, 0.1) is 0 Å². The third-order valence-corrected chi connectivity index (χ3v) is 2.63. The Morgan fingerprint density at radius 2 is 2.00 bits per heavy atom. The van der Waals surface area contributed by atoms with Crippen molar-refractivity contribution in [2.45, 2.75) is 11.3 Å². The number of rotatable bonds is 5. The summed E-state index contributed by atoms with van der Waals surface area (Å²) in [5, 5.41) is 2.14. The average molecular weight is 231 g/mol. The molecule has 0 bridgehead atoms. The van der Waals surface area contributed by atoms with Crippen LogP contribution in [0.5, 0.6) is 0 Å². The molecule has 0 atom stereocenters. The van der Waals surface area contributed by atoms with Gasteiger partial charge in [-0.15, -0.1) is 11.8 Å². The fourth-order valence-corrected chi connectivity index (χ4v) is 1.73. The first-order valence-electron chi connectivity index (χ1n) is 4.44. The fourth-order valence-electron chi connectivity index (χ4n) is 0.937. The van der Waals surface area contributed by atoms with Crippen LogP contribution in [0.4, 0.5) is 8.78 Å². The number of carbonyl (C=O) groups is 1. The van der Waals surface area contributed by atoms with Crippen molar-refractivity contribution in [2.24, 2.45) is 0 Å². The molecule has 0 unspecified atom stereocenters. The van der Waals surface area contributed by atoms with Crippen molar-refractivity contribution >= 4 is 17.7 Å². The van der Waals surface area contributed by atoms with E-state index in [1.54, 1.807) is 0 Å². The van der Waals surface area contributed by atoms with Gasteiger partial charge in [-0.25, -0.2) is 0 Å². The molecule has 15 heavy (non-hydrogen) atoms. The zero-order valence-corrected chi connectivity index (χ0v) is 8.77. The summed E-state index contributed by atoms with van der Waals surface area (Å²) in [6, 6.07) is 9.57. The maximum atomic E-state index is 11.8. The van der Waals surface area contributed by atoms with Crippen molar-refractivity contribution in [3.8, 4) is 0 Å². The Kier molecular flexibility index (Phi) is 5.10. The van der Waals surface area contributed by atoms with E-state index < -0.39 is 12.3 Å². The van der Waals surface area contributed by atoms with E-state index in [4.69, 9.17) is 0 Å². The molecule has 1 rings (SSSR count). The van der Waals surface area contributed by atoms with Gasteiger partial charge in [-0.1, -0.05) is 18.2 Å². The first-order valence-corrected chi connectivity index (χ1v) is 5.42. The summed E-state index contributed by atoms with van der Waals surface area (Å²) in [5.41, 5.74) is 0. The van der Waals surface area contributed by atoms with Crippen molar-refractivity contribution < 1.29 is 13.6 Å². The first-order chi connectivity index (χ1) is 7.20. The summed E-state index contributed by atoms with van der Waals surface area (Å²) in [6.07, 6.45) is -2.92. The Morgan fingerprint density at radius 1 is 1.33 bits per heavy atom. The molecule has 0 saturated carbocycles. The highest BCUT2D eigenvalue weighted by Gasteiger charge is 2.13. The number of alkyl halides is 2. The normalized spacial score (nSPS) is 10.3. The van der Waals surface area contributed by atoms with Gasteiger partial charge in [0.1, 0.15) is 0 Å². The topological polar surface area (TPSA) is 29.1 Å². The van der Waals surface area contributed by atoms with Gasteiger partial charge >= 0.3 is 6.43 Å². The van der Waals surface area contributed by atoms with Crippen LogP contribution in [0.2, 0.25) is 0 Å². The molecule has 82 valence electrons. The maximum Gasteiger partial charge on any atom is 0.315 e. The molecular weight excluding hydrogens is 220 g/mol. The Bertz CT molecular complexity index is 306. The van der Waals surface area contributed by atoms with Crippen LogP contribution in [0.15, 0.2) is 35.2 Å². The Balaban J connectivity index is 2.15. The minimum atomic E-state index is -2.92. The third kappa shape index (κ3) is 4.78. The number of carbonyl (C=O) groups excluding carboxylic acids is 1. The number of nitrogens with one attached hydrogen (secondary N) is 1. The van der Waals surface area contributed by atoms with E-state index in [2.05, 4.69) is 5.32 Å². The lowest BCUT2D eigenvalue weighted by Crippen LogP contribution is -2.31. The molecule has 0 fully saturated rings. The van der Waals surface area contributed by atoms with Gasteiger partial charge in [0, 0.05) is 17.2 Å². The van der Waals surface area contributed by atoms with Crippen LogP contribution in [0.1, 0.15) is 0 Å². The van der Waals surface area contributed by atoms with E-state index in [1.807, 2.05) is 30.3 Å². The molecule has 0 heterocycles. The summed E-state index contributed by atoms with van der Waals surface area (Å²) >= 11 is 1.51. The highest BCUT2D eigenvalue weighted by Crippen LogP contribution is 2.15. The Hall–Kier alpha value is -1.10. The van der Waals surface area contributed by atoms with Crippen LogP contribution in [-0.4, -0.2) is 24.6 Å². The molecule has 0 saturated heterocycles. The molecule has 0 aliphatic heterocycles. The summed E-state index contributed by atoms with van der Waals surface area (Å²) < 4.78 is 23.5. The molecule has 0 aromatic heterocycles. The second kappa shape index (κ2) is 6.40. The maximum absolute atomic E-state index is 11.8. The zero-order valence-electron chi connectivity index (χ0n) is 7.95. The van der Waals surface area contributed by atoms with E-state index in [1.165, 1.54) is 11.8 Å². The predicted octanol–water partition coefficient (Wildman–Crippen LogP) is 2.16. The summed E-state index contributed by atoms with van der Waals surface area (Å²) in [5.74, 6) is -0.619. The molecule has 0 spiro atoms. The van der Waals surface area contributed by atoms with Gasteiger partial charge in [0.15, 0.2) is 0 Å². The molecule has 2 nitrogen and oxygen atoms in total. The number of thioether (sulfide) groups is 1. The number of hydrogen-bond acceptors (Lipinski definition) is 2. The molecule has 1 N–H and O–H groups in total. The van der Waals surface area contributed by atoms with Crippen LogP contribution < -0.4 is 5.32 Å². The number of amides is 1. The van der Waals surface area contributed by atoms with Gasteiger partial charge in [0.2, 0.25) is 0 Å². The summed E-state index contributed by atoms with van der Waals surface area (Å²) in [4.78, 5) is 11.5. The van der Waals surface area contributed by atoms with Gasteiger partial charge in [-0.3, -0.25) is 4.79 Å². The highest BCUT2D eigenvalue weighted by atomic mass is 32.2. The summed E-state index contributed by atoms with van der Waals surface area (Å²) in [6.45, 7) is 0.253. The SMILES string of the molecule is O=C(NCCSc1ccccc1)C(F)F.